The Morgan fingerprint density at radius 3 is 3.23 bits per heavy atom. The molecule has 1 aliphatic rings. The van der Waals surface area contributed by atoms with E-state index in [9.17, 15) is 0 Å². The molecule has 3 nitrogen and oxygen atoms in total. The molecule has 3 heteroatoms. The normalized spacial score (nSPS) is 19.9. The minimum absolute atomic E-state index is 0.272. The molecule has 1 aromatic carbocycles. The van der Waals surface area contributed by atoms with Crippen molar-refractivity contribution in [3.63, 3.8) is 0 Å². The van der Waals surface area contributed by atoms with E-state index < -0.39 is 0 Å². The van der Waals surface area contributed by atoms with Crippen LogP contribution in [-0.2, 0) is 0 Å². The number of benzene rings is 1. The summed E-state index contributed by atoms with van der Waals surface area (Å²) in [7, 11) is 0. The van der Waals surface area contributed by atoms with Gasteiger partial charge in [-0.25, -0.2) is 0 Å². The van der Waals surface area contributed by atoms with Crippen molar-refractivity contribution in [3.8, 4) is 5.75 Å². The van der Waals surface area contributed by atoms with Gasteiger partial charge in [0.1, 0.15) is 11.9 Å². The summed E-state index contributed by atoms with van der Waals surface area (Å²) >= 11 is 0. The molecule has 1 aliphatic heterocycles. The lowest BCUT2D eigenvalue weighted by Crippen LogP contribution is -2.29. The Hall–Kier alpha value is -1.38. The Bertz CT molecular complexity index is 312. The fourth-order valence-corrected chi connectivity index (χ4v) is 1.46. The Morgan fingerprint density at radius 1 is 1.62 bits per heavy atom. The summed E-state index contributed by atoms with van der Waals surface area (Å²) in [6, 6.07) is 5.70. The van der Waals surface area contributed by atoms with Gasteiger partial charge in [-0.2, -0.15) is 0 Å². The van der Waals surface area contributed by atoms with E-state index in [0.717, 1.165) is 30.1 Å². The fourth-order valence-electron chi connectivity index (χ4n) is 1.46. The van der Waals surface area contributed by atoms with Crippen LogP contribution in [0.2, 0.25) is 0 Å². The zero-order chi connectivity index (χ0) is 9.26. The molecule has 3 N–H and O–H groups in total. The molecule has 0 fully saturated rings. The third kappa shape index (κ3) is 1.54. The highest BCUT2D eigenvalue weighted by atomic mass is 16.5. The van der Waals surface area contributed by atoms with Crippen LogP contribution >= 0.6 is 0 Å². The molecule has 0 amide bonds. The molecule has 13 heavy (non-hydrogen) atoms. The summed E-state index contributed by atoms with van der Waals surface area (Å²) in [5, 5.41) is 3.31. The molecule has 2 rings (SSSR count). The molecule has 0 aliphatic carbocycles. The zero-order valence-corrected chi connectivity index (χ0v) is 7.71. The van der Waals surface area contributed by atoms with Crippen LogP contribution < -0.4 is 15.8 Å². The second-order valence-corrected chi connectivity index (χ2v) is 3.28. The predicted molar refractivity (Wildman–Crippen MR) is 54.1 cm³/mol. The second-order valence-electron chi connectivity index (χ2n) is 3.28. The smallest absolute Gasteiger partial charge is 0.144 e. The average Bonchev–Trinajstić information content (AvgIpc) is 2.16. The van der Waals surface area contributed by atoms with Crippen molar-refractivity contribution in [1.29, 1.82) is 0 Å². The number of anilines is 2. The Kier molecular flexibility index (Phi) is 2.00. The highest BCUT2D eigenvalue weighted by Gasteiger charge is 2.16. The molecule has 1 atom stereocenters. The monoisotopic (exact) mass is 178 g/mol. The molecule has 0 radical (unpaired) electrons. The Balaban J connectivity index is 2.27. The summed E-state index contributed by atoms with van der Waals surface area (Å²) in [5.41, 5.74) is 7.45. The molecule has 0 aromatic heterocycles. The lowest BCUT2D eigenvalue weighted by atomic mass is 10.2. The first-order valence-corrected chi connectivity index (χ1v) is 4.59. The SMILES string of the molecule is CCC1CNc2ccc(N)cc2O1. The maximum atomic E-state index is 5.72. The largest absolute Gasteiger partial charge is 0.486 e. The van der Waals surface area contributed by atoms with Crippen molar-refractivity contribution < 1.29 is 4.74 Å². The summed E-state index contributed by atoms with van der Waals surface area (Å²) < 4.78 is 5.72. The van der Waals surface area contributed by atoms with Gasteiger partial charge in [0.25, 0.3) is 0 Å². The minimum Gasteiger partial charge on any atom is -0.486 e. The van der Waals surface area contributed by atoms with Crippen LogP contribution in [-0.4, -0.2) is 12.6 Å². The maximum Gasteiger partial charge on any atom is 0.144 e. The summed E-state index contributed by atoms with van der Waals surface area (Å²) in [5.74, 6) is 0.873. The number of ether oxygens (including phenoxy) is 1. The first kappa shape index (κ1) is 8.23. The second kappa shape index (κ2) is 3.17. The number of nitrogen functional groups attached to an aromatic ring is 1. The van der Waals surface area contributed by atoms with Gasteiger partial charge < -0.3 is 15.8 Å². The van der Waals surface area contributed by atoms with E-state index in [-0.39, 0.29) is 6.10 Å². The van der Waals surface area contributed by atoms with Gasteiger partial charge >= 0.3 is 0 Å². The number of hydrogen-bond donors (Lipinski definition) is 2. The van der Waals surface area contributed by atoms with Crippen LogP contribution in [0, 0.1) is 0 Å². The molecule has 0 bridgehead atoms. The molecule has 0 saturated heterocycles. The predicted octanol–water partition coefficient (Wildman–Crippen LogP) is 1.85. The number of hydrogen-bond acceptors (Lipinski definition) is 3. The summed E-state index contributed by atoms with van der Waals surface area (Å²) in [6.07, 6.45) is 1.29. The van der Waals surface area contributed by atoms with E-state index in [0.29, 0.717) is 0 Å². The van der Waals surface area contributed by atoms with E-state index >= 15 is 0 Å². The van der Waals surface area contributed by atoms with Crippen LogP contribution in [0.4, 0.5) is 11.4 Å². The van der Waals surface area contributed by atoms with Gasteiger partial charge in [-0.05, 0) is 18.6 Å². The first-order valence-electron chi connectivity index (χ1n) is 4.59. The van der Waals surface area contributed by atoms with Crippen molar-refractivity contribution in [1.82, 2.24) is 0 Å². The van der Waals surface area contributed by atoms with Gasteiger partial charge in [0.2, 0.25) is 0 Å². The van der Waals surface area contributed by atoms with Gasteiger partial charge in [0.15, 0.2) is 0 Å². The molecular formula is C10H14N2O. The van der Waals surface area contributed by atoms with E-state index in [4.69, 9.17) is 10.5 Å². The van der Waals surface area contributed by atoms with E-state index in [1.165, 1.54) is 0 Å². The van der Waals surface area contributed by atoms with Crippen molar-refractivity contribution in [2.75, 3.05) is 17.6 Å². The highest BCUT2D eigenvalue weighted by molar-refractivity contribution is 5.63. The Labute approximate surface area is 77.9 Å². The summed E-state index contributed by atoms with van der Waals surface area (Å²) in [4.78, 5) is 0. The first-order chi connectivity index (χ1) is 6.29. The standard InChI is InChI=1S/C10H14N2O/c1-2-8-6-12-9-4-3-7(11)5-10(9)13-8/h3-5,8,12H,2,6,11H2,1H3. The lowest BCUT2D eigenvalue weighted by Gasteiger charge is -2.26. The van der Waals surface area contributed by atoms with Gasteiger partial charge in [0, 0.05) is 11.8 Å². The Morgan fingerprint density at radius 2 is 2.46 bits per heavy atom. The zero-order valence-electron chi connectivity index (χ0n) is 7.71. The number of nitrogens with two attached hydrogens (primary N) is 1. The van der Waals surface area contributed by atoms with Crippen molar-refractivity contribution in [3.05, 3.63) is 18.2 Å². The summed E-state index contributed by atoms with van der Waals surface area (Å²) in [6.45, 7) is 3.00. The van der Waals surface area contributed by atoms with Gasteiger partial charge in [-0.1, -0.05) is 6.92 Å². The quantitative estimate of drug-likeness (QED) is 0.645. The van der Waals surface area contributed by atoms with Crippen LogP contribution in [0.3, 0.4) is 0 Å². The maximum absolute atomic E-state index is 5.72. The van der Waals surface area contributed by atoms with Crippen LogP contribution in [0.25, 0.3) is 0 Å². The molecule has 1 heterocycles. The van der Waals surface area contributed by atoms with Crippen LogP contribution in [0.15, 0.2) is 18.2 Å². The fraction of sp³-hybridized carbons (Fsp3) is 0.400. The van der Waals surface area contributed by atoms with E-state index in [1.54, 1.807) is 0 Å². The molecule has 1 unspecified atom stereocenters. The van der Waals surface area contributed by atoms with E-state index in [1.807, 2.05) is 18.2 Å². The minimum atomic E-state index is 0.272. The third-order valence-corrected chi connectivity index (χ3v) is 2.27. The topological polar surface area (TPSA) is 47.3 Å². The molecule has 70 valence electrons. The van der Waals surface area contributed by atoms with Gasteiger partial charge in [-0.15, -0.1) is 0 Å². The number of fused-ring (bicyclic) bond motifs is 1. The van der Waals surface area contributed by atoms with Crippen LogP contribution in [0.5, 0.6) is 5.75 Å². The lowest BCUT2D eigenvalue weighted by molar-refractivity contribution is 0.202. The molecule has 1 aromatic rings. The average molecular weight is 178 g/mol. The van der Waals surface area contributed by atoms with Crippen molar-refractivity contribution >= 4 is 11.4 Å². The highest BCUT2D eigenvalue weighted by Crippen LogP contribution is 2.31. The van der Waals surface area contributed by atoms with E-state index in [2.05, 4.69) is 12.2 Å². The van der Waals surface area contributed by atoms with Gasteiger partial charge in [0.05, 0.1) is 12.2 Å². The molecule has 0 saturated carbocycles. The van der Waals surface area contributed by atoms with Gasteiger partial charge in [-0.3, -0.25) is 0 Å². The molecule has 0 spiro atoms. The number of rotatable bonds is 1. The number of nitrogens with one attached hydrogen (secondary N) is 1. The van der Waals surface area contributed by atoms with Crippen molar-refractivity contribution in [2.24, 2.45) is 0 Å². The van der Waals surface area contributed by atoms with Crippen molar-refractivity contribution in [2.45, 2.75) is 19.4 Å². The molecular weight excluding hydrogens is 164 g/mol. The third-order valence-electron chi connectivity index (χ3n) is 2.27. The van der Waals surface area contributed by atoms with Crippen LogP contribution in [0.1, 0.15) is 13.3 Å².